The molecular formula is C17H17ClFN. The second-order valence-corrected chi connectivity index (χ2v) is 5.80. The van der Waals surface area contributed by atoms with Gasteiger partial charge in [0.25, 0.3) is 0 Å². The average molecular weight is 290 g/mol. The highest BCUT2D eigenvalue weighted by molar-refractivity contribution is 6.30. The van der Waals surface area contributed by atoms with E-state index in [1.807, 2.05) is 12.1 Å². The zero-order valence-corrected chi connectivity index (χ0v) is 11.9. The van der Waals surface area contributed by atoms with Crippen molar-refractivity contribution < 1.29 is 4.39 Å². The molecule has 1 fully saturated rings. The summed E-state index contributed by atoms with van der Waals surface area (Å²) < 4.78 is 13.6. The van der Waals surface area contributed by atoms with Crippen molar-refractivity contribution in [2.24, 2.45) is 5.92 Å². The van der Waals surface area contributed by atoms with Crippen molar-refractivity contribution in [3.8, 4) is 0 Å². The fourth-order valence-corrected chi connectivity index (χ4v) is 3.12. The van der Waals surface area contributed by atoms with Gasteiger partial charge in [0.1, 0.15) is 5.82 Å². The third kappa shape index (κ3) is 2.87. The van der Waals surface area contributed by atoms with Crippen LogP contribution in [-0.4, -0.2) is 13.1 Å². The molecule has 3 heteroatoms. The number of halogens is 2. The van der Waals surface area contributed by atoms with Crippen LogP contribution in [0.25, 0.3) is 0 Å². The highest BCUT2D eigenvalue weighted by Crippen LogP contribution is 2.32. The lowest BCUT2D eigenvalue weighted by Crippen LogP contribution is -2.14. The molecule has 0 radical (unpaired) electrons. The Morgan fingerprint density at radius 3 is 2.65 bits per heavy atom. The molecule has 1 aliphatic rings. The van der Waals surface area contributed by atoms with Gasteiger partial charge < -0.3 is 5.32 Å². The SMILES string of the molecule is Fc1cc([C@H]2CNCC2Cc2ccccc2)ccc1Cl. The number of rotatable bonds is 3. The van der Waals surface area contributed by atoms with E-state index in [2.05, 4.69) is 29.6 Å². The molecule has 3 rings (SSSR count). The minimum absolute atomic E-state index is 0.194. The fourth-order valence-electron chi connectivity index (χ4n) is 3.00. The molecule has 2 aromatic carbocycles. The van der Waals surface area contributed by atoms with Crippen molar-refractivity contribution in [2.75, 3.05) is 13.1 Å². The minimum Gasteiger partial charge on any atom is -0.316 e. The van der Waals surface area contributed by atoms with Crippen LogP contribution in [0.4, 0.5) is 4.39 Å². The van der Waals surface area contributed by atoms with Crippen LogP contribution >= 0.6 is 11.6 Å². The van der Waals surface area contributed by atoms with Crippen LogP contribution in [0.5, 0.6) is 0 Å². The highest BCUT2D eigenvalue weighted by atomic mass is 35.5. The van der Waals surface area contributed by atoms with Gasteiger partial charge in [-0.05, 0) is 42.1 Å². The summed E-state index contributed by atoms with van der Waals surface area (Å²) in [6.45, 7) is 1.88. The Bertz CT molecular complexity index is 585. The van der Waals surface area contributed by atoms with E-state index in [1.54, 1.807) is 12.1 Å². The maximum Gasteiger partial charge on any atom is 0.142 e. The number of hydrogen-bond donors (Lipinski definition) is 1. The van der Waals surface area contributed by atoms with Gasteiger partial charge in [0.15, 0.2) is 0 Å². The van der Waals surface area contributed by atoms with Crippen LogP contribution in [0.3, 0.4) is 0 Å². The molecule has 1 aliphatic heterocycles. The molecule has 1 saturated heterocycles. The summed E-state index contributed by atoms with van der Waals surface area (Å²) in [6.07, 6.45) is 1.02. The Morgan fingerprint density at radius 1 is 1.10 bits per heavy atom. The van der Waals surface area contributed by atoms with E-state index in [0.29, 0.717) is 11.8 Å². The third-order valence-electron chi connectivity index (χ3n) is 4.05. The van der Waals surface area contributed by atoms with E-state index >= 15 is 0 Å². The lowest BCUT2D eigenvalue weighted by Gasteiger charge is -2.19. The molecule has 0 saturated carbocycles. The van der Waals surface area contributed by atoms with Crippen molar-refractivity contribution in [3.05, 3.63) is 70.5 Å². The Labute approximate surface area is 123 Å². The summed E-state index contributed by atoms with van der Waals surface area (Å²) in [6, 6.07) is 15.6. The summed E-state index contributed by atoms with van der Waals surface area (Å²) >= 11 is 5.76. The summed E-state index contributed by atoms with van der Waals surface area (Å²) in [5, 5.41) is 3.61. The van der Waals surface area contributed by atoms with Crippen LogP contribution in [0.1, 0.15) is 17.0 Å². The van der Waals surface area contributed by atoms with Crippen LogP contribution < -0.4 is 5.32 Å². The molecule has 2 atom stereocenters. The first-order valence-electron chi connectivity index (χ1n) is 6.93. The van der Waals surface area contributed by atoms with Crippen molar-refractivity contribution in [3.63, 3.8) is 0 Å². The van der Waals surface area contributed by atoms with Crippen LogP contribution in [-0.2, 0) is 6.42 Å². The van der Waals surface area contributed by atoms with Gasteiger partial charge in [-0.3, -0.25) is 0 Å². The van der Waals surface area contributed by atoms with Gasteiger partial charge in [-0.1, -0.05) is 48.0 Å². The zero-order valence-electron chi connectivity index (χ0n) is 11.2. The number of nitrogens with one attached hydrogen (secondary N) is 1. The summed E-state index contributed by atoms with van der Waals surface area (Å²) in [4.78, 5) is 0. The molecule has 0 spiro atoms. The predicted molar refractivity (Wildman–Crippen MR) is 80.7 cm³/mol. The molecular weight excluding hydrogens is 273 g/mol. The van der Waals surface area contributed by atoms with Crippen molar-refractivity contribution in [1.29, 1.82) is 0 Å². The molecule has 1 nitrogen and oxygen atoms in total. The normalized spacial score (nSPS) is 22.1. The Morgan fingerprint density at radius 2 is 1.90 bits per heavy atom. The van der Waals surface area contributed by atoms with Gasteiger partial charge in [0, 0.05) is 12.5 Å². The summed E-state index contributed by atoms with van der Waals surface area (Å²) in [5.41, 5.74) is 2.37. The molecule has 0 aromatic heterocycles. The molecule has 0 aliphatic carbocycles. The molecule has 20 heavy (non-hydrogen) atoms. The molecule has 1 unspecified atom stereocenters. The second kappa shape index (κ2) is 5.94. The van der Waals surface area contributed by atoms with Crippen LogP contribution in [0, 0.1) is 11.7 Å². The Kier molecular flexibility index (Phi) is 4.04. The topological polar surface area (TPSA) is 12.0 Å². The van der Waals surface area contributed by atoms with E-state index < -0.39 is 0 Å². The van der Waals surface area contributed by atoms with Crippen LogP contribution in [0.2, 0.25) is 5.02 Å². The Hall–Kier alpha value is -1.38. The van der Waals surface area contributed by atoms with Gasteiger partial charge in [-0.25, -0.2) is 4.39 Å². The number of benzene rings is 2. The maximum atomic E-state index is 13.6. The summed E-state index contributed by atoms with van der Waals surface area (Å²) in [5.74, 6) is 0.523. The smallest absolute Gasteiger partial charge is 0.142 e. The molecule has 0 amide bonds. The molecule has 2 aromatic rings. The lowest BCUT2D eigenvalue weighted by molar-refractivity contribution is 0.513. The quantitative estimate of drug-likeness (QED) is 0.900. The molecule has 104 valence electrons. The minimum atomic E-state index is -0.325. The predicted octanol–water partition coefficient (Wildman–Crippen LogP) is 4.02. The standard InChI is InChI=1S/C17H17ClFN/c18-16-7-6-13(9-17(16)19)15-11-20-10-14(15)8-12-4-2-1-3-5-12/h1-7,9,14-15,20H,8,10-11H2/t14?,15-/m1/s1. The van der Waals surface area contributed by atoms with Gasteiger partial charge in [0.2, 0.25) is 0 Å². The first-order valence-corrected chi connectivity index (χ1v) is 7.31. The summed E-state index contributed by atoms with van der Waals surface area (Å²) in [7, 11) is 0. The van der Waals surface area contributed by atoms with Crippen molar-refractivity contribution in [1.82, 2.24) is 5.32 Å². The average Bonchev–Trinajstić information content (AvgIpc) is 2.91. The number of hydrogen-bond acceptors (Lipinski definition) is 1. The maximum absolute atomic E-state index is 13.6. The first kappa shape index (κ1) is 13.6. The van der Waals surface area contributed by atoms with Crippen LogP contribution in [0.15, 0.2) is 48.5 Å². The molecule has 0 bridgehead atoms. The molecule has 1 heterocycles. The van der Waals surface area contributed by atoms with Crippen molar-refractivity contribution in [2.45, 2.75) is 12.3 Å². The van der Waals surface area contributed by atoms with E-state index in [1.165, 1.54) is 5.56 Å². The van der Waals surface area contributed by atoms with Gasteiger partial charge in [-0.2, -0.15) is 0 Å². The van der Waals surface area contributed by atoms with E-state index in [9.17, 15) is 4.39 Å². The largest absolute Gasteiger partial charge is 0.316 e. The van der Waals surface area contributed by atoms with Gasteiger partial charge >= 0.3 is 0 Å². The van der Waals surface area contributed by atoms with E-state index in [-0.39, 0.29) is 10.8 Å². The van der Waals surface area contributed by atoms with Gasteiger partial charge in [0.05, 0.1) is 5.02 Å². The monoisotopic (exact) mass is 289 g/mol. The molecule has 1 N–H and O–H groups in total. The van der Waals surface area contributed by atoms with E-state index in [4.69, 9.17) is 11.6 Å². The lowest BCUT2D eigenvalue weighted by atomic mass is 9.85. The second-order valence-electron chi connectivity index (χ2n) is 5.39. The zero-order chi connectivity index (χ0) is 13.9. The Balaban J connectivity index is 1.80. The van der Waals surface area contributed by atoms with Gasteiger partial charge in [-0.15, -0.1) is 0 Å². The third-order valence-corrected chi connectivity index (χ3v) is 4.36. The first-order chi connectivity index (χ1) is 9.74. The highest BCUT2D eigenvalue weighted by Gasteiger charge is 2.28. The van der Waals surface area contributed by atoms with E-state index in [0.717, 1.165) is 25.1 Å². The van der Waals surface area contributed by atoms with Crippen molar-refractivity contribution >= 4 is 11.6 Å². The fraction of sp³-hybridized carbons (Fsp3) is 0.294.